The van der Waals surface area contributed by atoms with Crippen LogP contribution in [0.15, 0.2) is 12.1 Å². The molecule has 0 heterocycles. The molecule has 1 rings (SSSR count). The predicted octanol–water partition coefficient (Wildman–Crippen LogP) is 3.22. The Kier molecular flexibility index (Phi) is 5.03. The molecule has 0 fully saturated rings. The summed E-state index contributed by atoms with van der Waals surface area (Å²) in [6, 6.07) is 4.26. The molecule has 0 aliphatic heterocycles. The lowest BCUT2D eigenvalue weighted by Crippen LogP contribution is -1.98. The zero-order chi connectivity index (χ0) is 12.0. The second kappa shape index (κ2) is 6.31. The minimum absolute atomic E-state index is 0.645. The van der Waals surface area contributed by atoms with Crippen LogP contribution in [0, 0.1) is 13.8 Å². The molecular weight excluding hydrogens is 200 g/mol. The van der Waals surface area contributed by atoms with Gasteiger partial charge in [-0.25, -0.2) is 0 Å². The van der Waals surface area contributed by atoms with E-state index in [0.717, 1.165) is 24.9 Å². The van der Waals surface area contributed by atoms with Gasteiger partial charge in [-0.15, -0.1) is 0 Å². The van der Waals surface area contributed by atoms with Crippen molar-refractivity contribution in [3.63, 3.8) is 0 Å². The van der Waals surface area contributed by atoms with Gasteiger partial charge in [0.05, 0.1) is 6.61 Å². The van der Waals surface area contributed by atoms with Gasteiger partial charge in [-0.3, -0.25) is 0 Å². The van der Waals surface area contributed by atoms with E-state index in [0.29, 0.717) is 13.0 Å². The third kappa shape index (κ3) is 3.37. The number of carbonyl (C=O) groups is 1. The number of ether oxygens (including phenoxy) is 1. The smallest absolute Gasteiger partial charge is 0.122 e. The normalized spacial score (nSPS) is 10.2. The topological polar surface area (TPSA) is 26.3 Å². The Balaban J connectivity index is 2.79. The molecule has 0 amide bonds. The Morgan fingerprint density at radius 3 is 2.62 bits per heavy atom. The van der Waals surface area contributed by atoms with Gasteiger partial charge in [-0.05, 0) is 56.4 Å². The number of hydrogen-bond acceptors (Lipinski definition) is 2. The molecular formula is C14H20O2. The van der Waals surface area contributed by atoms with Crippen LogP contribution in [0.5, 0.6) is 5.75 Å². The molecule has 0 aliphatic carbocycles. The van der Waals surface area contributed by atoms with Gasteiger partial charge in [0.25, 0.3) is 0 Å². The molecule has 0 saturated carbocycles. The van der Waals surface area contributed by atoms with Gasteiger partial charge < -0.3 is 9.53 Å². The zero-order valence-corrected chi connectivity index (χ0v) is 10.4. The Hall–Kier alpha value is -1.31. The quantitative estimate of drug-likeness (QED) is 0.543. The van der Waals surface area contributed by atoms with Crippen molar-refractivity contribution in [2.24, 2.45) is 0 Å². The molecule has 1 aromatic rings. The molecule has 0 radical (unpaired) electrons. The molecule has 2 nitrogen and oxygen atoms in total. The lowest BCUT2D eigenvalue weighted by atomic mass is 10.00. The van der Waals surface area contributed by atoms with E-state index < -0.39 is 0 Å². The molecule has 0 saturated heterocycles. The molecule has 0 atom stereocenters. The van der Waals surface area contributed by atoms with Gasteiger partial charge in [0.1, 0.15) is 12.0 Å². The van der Waals surface area contributed by atoms with E-state index in [2.05, 4.69) is 26.0 Å². The number of carbonyl (C=O) groups excluding carboxylic acids is 1. The maximum atomic E-state index is 10.3. The predicted molar refractivity (Wildman–Crippen MR) is 66.1 cm³/mol. The second-order valence-electron chi connectivity index (χ2n) is 4.04. The highest BCUT2D eigenvalue weighted by Gasteiger charge is 2.05. The van der Waals surface area contributed by atoms with E-state index in [-0.39, 0.29) is 0 Å². The first kappa shape index (κ1) is 12.8. The largest absolute Gasteiger partial charge is 0.494 e. The van der Waals surface area contributed by atoms with Gasteiger partial charge in [-0.2, -0.15) is 0 Å². The molecule has 0 aliphatic rings. The number of rotatable bonds is 6. The van der Waals surface area contributed by atoms with Crippen molar-refractivity contribution in [3.8, 4) is 5.75 Å². The molecule has 2 heteroatoms. The van der Waals surface area contributed by atoms with Gasteiger partial charge in [0, 0.05) is 6.42 Å². The monoisotopic (exact) mass is 220 g/mol. The van der Waals surface area contributed by atoms with Crippen LogP contribution in [-0.2, 0) is 11.2 Å². The van der Waals surface area contributed by atoms with Crippen LogP contribution in [0.2, 0.25) is 0 Å². The van der Waals surface area contributed by atoms with Gasteiger partial charge in [0.2, 0.25) is 0 Å². The van der Waals surface area contributed by atoms with Crippen molar-refractivity contribution < 1.29 is 9.53 Å². The summed E-state index contributed by atoms with van der Waals surface area (Å²) in [5, 5.41) is 0. The third-order valence-corrected chi connectivity index (χ3v) is 2.70. The summed E-state index contributed by atoms with van der Waals surface area (Å²) < 4.78 is 5.54. The Bertz CT molecular complexity index is 356. The van der Waals surface area contributed by atoms with E-state index >= 15 is 0 Å². The highest BCUT2D eigenvalue weighted by atomic mass is 16.5. The minimum atomic E-state index is 0.645. The number of aldehydes is 1. The molecule has 0 spiro atoms. The van der Waals surface area contributed by atoms with Crippen LogP contribution in [0.4, 0.5) is 0 Å². The van der Waals surface area contributed by atoms with Crippen molar-refractivity contribution in [2.75, 3.05) is 6.61 Å². The van der Waals surface area contributed by atoms with Gasteiger partial charge >= 0.3 is 0 Å². The van der Waals surface area contributed by atoms with E-state index in [4.69, 9.17) is 4.74 Å². The van der Waals surface area contributed by atoms with E-state index in [1.165, 1.54) is 16.7 Å². The Morgan fingerprint density at radius 2 is 2.00 bits per heavy atom. The van der Waals surface area contributed by atoms with Crippen molar-refractivity contribution >= 4 is 6.29 Å². The lowest BCUT2D eigenvalue weighted by molar-refractivity contribution is -0.107. The van der Waals surface area contributed by atoms with Crippen LogP contribution >= 0.6 is 0 Å². The number of hydrogen-bond donors (Lipinski definition) is 0. The number of aryl methyl sites for hydroxylation is 3. The van der Waals surface area contributed by atoms with E-state index in [1.807, 2.05) is 6.92 Å². The molecule has 88 valence electrons. The maximum absolute atomic E-state index is 10.3. The lowest BCUT2D eigenvalue weighted by Gasteiger charge is -2.12. The standard InChI is InChI=1S/C14H20O2/c1-4-16-14-10-11(2)13(9-12(14)3)7-5-6-8-15/h8-10H,4-7H2,1-3H3. The summed E-state index contributed by atoms with van der Waals surface area (Å²) >= 11 is 0. The fourth-order valence-electron chi connectivity index (χ4n) is 1.81. The summed E-state index contributed by atoms with van der Waals surface area (Å²) in [6.45, 7) is 6.85. The van der Waals surface area contributed by atoms with E-state index in [1.54, 1.807) is 0 Å². The van der Waals surface area contributed by atoms with Crippen molar-refractivity contribution in [1.82, 2.24) is 0 Å². The van der Waals surface area contributed by atoms with Crippen LogP contribution < -0.4 is 4.74 Å². The summed E-state index contributed by atoms with van der Waals surface area (Å²) in [6.07, 6.45) is 3.53. The van der Waals surface area contributed by atoms with Crippen LogP contribution in [0.3, 0.4) is 0 Å². The number of benzene rings is 1. The third-order valence-electron chi connectivity index (χ3n) is 2.70. The SMILES string of the molecule is CCOc1cc(C)c(CCCC=O)cc1C. The van der Waals surface area contributed by atoms with Gasteiger partial charge in [0.15, 0.2) is 0 Å². The molecule has 0 N–H and O–H groups in total. The highest BCUT2D eigenvalue weighted by Crippen LogP contribution is 2.23. The first-order chi connectivity index (χ1) is 7.69. The van der Waals surface area contributed by atoms with Crippen LogP contribution in [0.25, 0.3) is 0 Å². The van der Waals surface area contributed by atoms with Crippen molar-refractivity contribution in [1.29, 1.82) is 0 Å². The van der Waals surface area contributed by atoms with Crippen LogP contribution in [-0.4, -0.2) is 12.9 Å². The summed E-state index contributed by atoms with van der Waals surface area (Å²) in [7, 11) is 0. The average Bonchev–Trinajstić information content (AvgIpc) is 2.25. The van der Waals surface area contributed by atoms with Gasteiger partial charge in [-0.1, -0.05) is 6.07 Å². The Morgan fingerprint density at radius 1 is 1.25 bits per heavy atom. The average molecular weight is 220 g/mol. The summed E-state index contributed by atoms with van der Waals surface area (Å²) in [5.74, 6) is 0.971. The minimum Gasteiger partial charge on any atom is -0.494 e. The molecule has 16 heavy (non-hydrogen) atoms. The molecule has 0 bridgehead atoms. The Labute approximate surface area is 97.6 Å². The molecule has 1 aromatic carbocycles. The zero-order valence-electron chi connectivity index (χ0n) is 10.4. The molecule has 0 unspecified atom stereocenters. The fourth-order valence-corrected chi connectivity index (χ4v) is 1.81. The van der Waals surface area contributed by atoms with Crippen molar-refractivity contribution in [2.45, 2.75) is 40.0 Å². The first-order valence-electron chi connectivity index (χ1n) is 5.85. The summed E-state index contributed by atoms with van der Waals surface area (Å²) in [4.78, 5) is 10.3. The fraction of sp³-hybridized carbons (Fsp3) is 0.500. The van der Waals surface area contributed by atoms with E-state index in [9.17, 15) is 4.79 Å². The highest BCUT2D eigenvalue weighted by molar-refractivity contribution is 5.49. The van der Waals surface area contributed by atoms with Crippen molar-refractivity contribution in [3.05, 3.63) is 28.8 Å². The molecule has 0 aromatic heterocycles. The maximum Gasteiger partial charge on any atom is 0.122 e. The summed E-state index contributed by atoms with van der Waals surface area (Å²) in [5.41, 5.74) is 3.75. The first-order valence-corrected chi connectivity index (χ1v) is 5.85. The number of unbranched alkanes of at least 4 members (excludes halogenated alkanes) is 1. The van der Waals surface area contributed by atoms with Crippen LogP contribution in [0.1, 0.15) is 36.5 Å². The second-order valence-corrected chi connectivity index (χ2v) is 4.04.